The molecule has 6 heteroatoms. The molecule has 2 aliphatic heterocycles. The summed E-state index contributed by atoms with van der Waals surface area (Å²) >= 11 is 0. The number of anilines is 1. The fraction of sp³-hybridized carbons (Fsp3) is 0.360. The number of ether oxygens (including phenoxy) is 2. The highest BCUT2D eigenvalue weighted by Gasteiger charge is 2.43. The van der Waals surface area contributed by atoms with Gasteiger partial charge in [0.15, 0.2) is 0 Å². The molecule has 0 saturated carbocycles. The number of hydrogen-bond donors (Lipinski definition) is 0. The Bertz CT molecular complexity index is 1040. The first-order chi connectivity index (χ1) is 15.0. The van der Waals surface area contributed by atoms with Crippen LogP contribution in [0.3, 0.4) is 0 Å². The summed E-state index contributed by atoms with van der Waals surface area (Å²) in [5.41, 5.74) is 4.33. The largest absolute Gasteiger partial charge is 0.494 e. The van der Waals surface area contributed by atoms with Crippen LogP contribution in [0.1, 0.15) is 30.0 Å². The second-order valence-corrected chi connectivity index (χ2v) is 7.93. The topological polar surface area (TPSA) is 59.1 Å². The van der Waals surface area contributed by atoms with E-state index in [1.165, 1.54) is 4.90 Å². The quantitative estimate of drug-likeness (QED) is 0.667. The summed E-state index contributed by atoms with van der Waals surface area (Å²) in [6, 6.07) is 13.1. The summed E-state index contributed by atoms with van der Waals surface area (Å²) in [6.07, 6.45) is 0.880. The second kappa shape index (κ2) is 8.94. The minimum Gasteiger partial charge on any atom is -0.494 e. The van der Waals surface area contributed by atoms with Crippen LogP contribution in [-0.4, -0.2) is 49.6 Å². The fourth-order valence-corrected chi connectivity index (χ4v) is 4.10. The van der Waals surface area contributed by atoms with Gasteiger partial charge in [0.05, 0.1) is 31.1 Å². The molecule has 0 unspecified atom stereocenters. The molecule has 0 atom stereocenters. The second-order valence-electron chi connectivity index (χ2n) is 7.93. The molecule has 0 N–H and O–H groups in total. The molecule has 1 saturated heterocycles. The van der Waals surface area contributed by atoms with E-state index in [9.17, 15) is 9.59 Å². The Hall–Kier alpha value is -3.12. The van der Waals surface area contributed by atoms with Crippen LogP contribution in [0.25, 0.3) is 5.57 Å². The van der Waals surface area contributed by atoms with E-state index in [0.29, 0.717) is 55.6 Å². The first-order valence-corrected chi connectivity index (χ1v) is 10.8. The third-order valence-electron chi connectivity index (χ3n) is 5.59. The maximum Gasteiger partial charge on any atom is 0.282 e. The van der Waals surface area contributed by atoms with Crippen molar-refractivity contribution in [2.45, 2.75) is 27.2 Å². The molecule has 31 heavy (non-hydrogen) atoms. The molecule has 0 radical (unpaired) electrons. The van der Waals surface area contributed by atoms with Crippen LogP contribution in [0.4, 0.5) is 5.69 Å². The van der Waals surface area contributed by atoms with Gasteiger partial charge in [0.25, 0.3) is 11.8 Å². The van der Waals surface area contributed by atoms with Crippen LogP contribution in [0.5, 0.6) is 5.75 Å². The summed E-state index contributed by atoms with van der Waals surface area (Å²) in [6.45, 7) is 8.83. The molecule has 1 fully saturated rings. The van der Waals surface area contributed by atoms with Crippen molar-refractivity contribution in [3.8, 4) is 5.75 Å². The molecule has 0 spiro atoms. The van der Waals surface area contributed by atoms with Crippen molar-refractivity contribution in [3.63, 3.8) is 0 Å². The molecule has 2 amide bonds. The minimum atomic E-state index is -0.300. The Morgan fingerprint density at radius 1 is 1.00 bits per heavy atom. The number of nitrogens with zero attached hydrogens (tertiary/aromatic N) is 2. The van der Waals surface area contributed by atoms with Gasteiger partial charge in [-0.05, 0) is 43.5 Å². The van der Waals surface area contributed by atoms with Gasteiger partial charge in [-0.1, -0.05) is 36.8 Å². The monoisotopic (exact) mass is 420 g/mol. The van der Waals surface area contributed by atoms with E-state index in [1.807, 2.05) is 56.0 Å². The van der Waals surface area contributed by atoms with Gasteiger partial charge in [-0.2, -0.15) is 0 Å². The smallest absolute Gasteiger partial charge is 0.282 e. The highest BCUT2D eigenvalue weighted by molar-refractivity contribution is 6.45. The van der Waals surface area contributed by atoms with Gasteiger partial charge >= 0.3 is 0 Å². The summed E-state index contributed by atoms with van der Waals surface area (Å²) < 4.78 is 11.2. The summed E-state index contributed by atoms with van der Waals surface area (Å²) in [7, 11) is 0. The van der Waals surface area contributed by atoms with E-state index in [-0.39, 0.29) is 11.8 Å². The average molecular weight is 421 g/mol. The van der Waals surface area contributed by atoms with E-state index in [2.05, 4.69) is 0 Å². The summed E-state index contributed by atoms with van der Waals surface area (Å²) in [4.78, 5) is 30.6. The molecule has 0 bridgehead atoms. The Kier molecular flexibility index (Phi) is 6.09. The van der Waals surface area contributed by atoms with E-state index >= 15 is 0 Å². The number of morpholine rings is 1. The number of rotatable bonds is 6. The van der Waals surface area contributed by atoms with Gasteiger partial charge in [-0.3, -0.25) is 9.59 Å². The zero-order valence-corrected chi connectivity index (χ0v) is 18.3. The Morgan fingerprint density at radius 2 is 1.77 bits per heavy atom. The lowest BCUT2D eigenvalue weighted by atomic mass is 9.97. The predicted molar refractivity (Wildman–Crippen MR) is 120 cm³/mol. The lowest BCUT2D eigenvalue weighted by molar-refractivity contribution is -0.121. The van der Waals surface area contributed by atoms with E-state index in [1.54, 1.807) is 12.1 Å². The third-order valence-corrected chi connectivity index (χ3v) is 5.59. The number of imide groups is 1. The first-order valence-electron chi connectivity index (χ1n) is 10.8. The van der Waals surface area contributed by atoms with Gasteiger partial charge in [0, 0.05) is 19.2 Å². The van der Waals surface area contributed by atoms with Crippen molar-refractivity contribution < 1.29 is 19.1 Å². The van der Waals surface area contributed by atoms with Crippen LogP contribution in [-0.2, 0) is 14.3 Å². The zero-order valence-electron chi connectivity index (χ0n) is 18.3. The van der Waals surface area contributed by atoms with Crippen LogP contribution in [0.2, 0.25) is 0 Å². The van der Waals surface area contributed by atoms with Crippen LogP contribution in [0, 0.1) is 13.8 Å². The number of amides is 2. The molecule has 2 aromatic rings. The van der Waals surface area contributed by atoms with E-state index in [4.69, 9.17) is 9.47 Å². The molecular formula is C25H28N2O4. The fourth-order valence-electron chi connectivity index (χ4n) is 4.10. The lowest BCUT2D eigenvalue weighted by Crippen LogP contribution is -2.40. The van der Waals surface area contributed by atoms with Gasteiger partial charge in [-0.25, -0.2) is 4.90 Å². The number of benzene rings is 2. The number of carbonyl (C=O) groups excluding carboxylic acids is 2. The van der Waals surface area contributed by atoms with Gasteiger partial charge in [-0.15, -0.1) is 0 Å². The molecule has 2 aliphatic rings. The van der Waals surface area contributed by atoms with Crippen molar-refractivity contribution in [2.75, 3.05) is 37.8 Å². The normalized spacial score (nSPS) is 17.0. The summed E-state index contributed by atoms with van der Waals surface area (Å²) in [5.74, 6) is 0.0495. The molecule has 162 valence electrons. The molecular weight excluding hydrogens is 392 g/mol. The first kappa shape index (κ1) is 21.1. The van der Waals surface area contributed by atoms with Crippen molar-refractivity contribution in [2.24, 2.45) is 0 Å². The van der Waals surface area contributed by atoms with Crippen LogP contribution < -0.4 is 9.64 Å². The Balaban J connectivity index is 1.79. The van der Waals surface area contributed by atoms with Crippen LogP contribution in [0.15, 0.2) is 48.2 Å². The van der Waals surface area contributed by atoms with E-state index in [0.717, 1.165) is 23.1 Å². The summed E-state index contributed by atoms with van der Waals surface area (Å²) in [5, 5.41) is 0. The number of hydrogen-bond acceptors (Lipinski definition) is 5. The molecule has 4 rings (SSSR count). The maximum absolute atomic E-state index is 13.7. The van der Waals surface area contributed by atoms with Gasteiger partial charge in [0.2, 0.25) is 0 Å². The molecule has 0 aliphatic carbocycles. The van der Waals surface area contributed by atoms with Gasteiger partial charge < -0.3 is 14.4 Å². The van der Waals surface area contributed by atoms with Crippen molar-refractivity contribution >= 4 is 23.1 Å². The van der Waals surface area contributed by atoms with E-state index < -0.39 is 0 Å². The van der Waals surface area contributed by atoms with Crippen molar-refractivity contribution in [1.29, 1.82) is 0 Å². The lowest BCUT2D eigenvalue weighted by Gasteiger charge is -2.29. The number of carbonyl (C=O) groups is 2. The maximum atomic E-state index is 13.7. The third kappa shape index (κ3) is 4.08. The number of aryl methyl sites for hydroxylation is 2. The molecule has 6 nitrogen and oxygen atoms in total. The minimum absolute atomic E-state index is 0.297. The average Bonchev–Trinajstić information content (AvgIpc) is 3.03. The molecule has 0 aromatic heterocycles. The Labute approximate surface area is 183 Å². The highest BCUT2D eigenvalue weighted by atomic mass is 16.5. The highest BCUT2D eigenvalue weighted by Crippen LogP contribution is 2.37. The standard InChI is InChI=1S/C25H28N2O4/c1-4-12-31-20-7-5-6-19(16-20)27-24(28)22(21-9-8-17(2)15-18(21)3)23(25(27)29)26-10-13-30-14-11-26/h5-9,15-16H,4,10-14H2,1-3H3. The van der Waals surface area contributed by atoms with Gasteiger partial charge in [0.1, 0.15) is 11.4 Å². The zero-order chi connectivity index (χ0) is 22.0. The van der Waals surface area contributed by atoms with Crippen molar-refractivity contribution in [3.05, 3.63) is 64.9 Å². The SMILES string of the molecule is CCCOc1cccc(N2C(=O)C(c3ccc(C)cc3C)=C(N3CCOCC3)C2=O)c1. The van der Waals surface area contributed by atoms with Crippen molar-refractivity contribution in [1.82, 2.24) is 4.90 Å². The predicted octanol–water partition coefficient (Wildman–Crippen LogP) is 3.71. The Morgan fingerprint density at radius 3 is 2.48 bits per heavy atom. The van der Waals surface area contributed by atoms with Crippen LogP contribution >= 0.6 is 0 Å². The molecule has 2 heterocycles. The molecule has 2 aromatic carbocycles.